The quantitative estimate of drug-likeness (QED) is 0.294. The molecule has 8 nitrogen and oxygen atoms in total. The molecule has 6 N–H and O–H groups in total. The van der Waals surface area contributed by atoms with Crippen LogP contribution in [0.5, 0.6) is 0 Å². The van der Waals surface area contributed by atoms with Gasteiger partial charge in [0.25, 0.3) is 0 Å². The summed E-state index contributed by atoms with van der Waals surface area (Å²) in [6, 6.07) is -0.784. The van der Waals surface area contributed by atoms with E-state index in [4.69, 9.17) is 20.9 Å². The van der Waals surface area contributed by atoms with E-state index in [2.05, 4.69) is 5.32 Å². The summed E-state index contributed by atoms with van der Waals surface area (Å²) in [5.74, 6) is -1.18. The van der Waals surface area contributed by atoms with E-state index in [1.807, 2.05) is 0 Å². The van der Waals surface area contributed by atoms with Gasteiger partial charge in [-0.1, -0.05) is 6.42 Å². The Labute approximate surface area is 137 Å². The lowest BCUT2D eigenvalue weighted by atomic mass is 9.96. The van der Waals surface area contributed by atoms with Crippen molar-refractivity contribution >= 4 is 11.8 Å². The van der Waals surface area contributed by atoms with Crippen LogP contribution in [0.2, 0.25) is 0 Å². The Balaban J connectivity index is 4.23. The van der Waals surface area contributed by atoms with Crippen LogP contribution in [-0.4, -0.2) is 68.0 Å². The van der Waals surface area contributed by atoms with E-state index in [1.54, 1.807) is 13.8 Å². The Morgan fingerprint density at radius 3 is 2.30 bits per heavy atom. The highest BCUT2D eigenvalue weighted by atomic mass is 16.5. The third-order valence-corrected chi connectivity index (χ3v) is 3.34. The van der Waals surface area contributed by atoms with Gasteiger partial charge in [-0.3, -0.25) is 14.9 Å². The van der Waals surface area contributed by atoms with E-state index in [1.165, 1.54) is 0 Å². The number of ether oxygens (including phenoxy) is 2. The molecule has 0 saturated carbocycles. The Hall–Kier alpha value is -1.06. The van der Waals surface area contributed by atoms with Gasteiger partial charge in [-0.2, -0.15) is 0 Å². The number of nitrogens with one attached hydrogen (secondary N) is 1. The molecule has 0 bridgehead atoms. The average Bonchev–Trinajstić information content (AvgIpc) is 2.49. The minimum atomic E-state index is -0.982. The molecule has 0 aliphatic heterocycles. The fourth-order valence-electron chi connectivity index (χ4n) is 1.91. The summed E-state index contributed by atoms with van der Waals surface area (Å²) in [5.41, 5.74) is 9.71. The van der Waals surface area contributed by atoms with E-state index in [0.717, 1.165) is 6.42 Å². The van der Waals surface area contributed by atoms with E-state index in [0.29, 0.717) is 45.8 Å². The van der Waals surface area contributed by atoms with E-state index < -0.39 is 17.6 Å². The van der Waals surface area contributed by atoms with Gasteiger partial charge in [-0.15, -0.1) is 0 Å². The van der Waals surface area contributed by atoms with Gasteiger partial charge in [0, 0.05) is 6.54 Å². The summed E-state index contributed by atoms with van der Waals surface area (Å²) in [6.07, 6.45) is 1.88. The largest absolute Gasteiger partial charge is 0.480 e. The van der Waals surface area contributed by atoms with Gasteiger partial charge in [0.1, 0.15) is 12.6 Å². The van der Waals surface area contributed by atoms with Crippen LogP contribution in [0.3, 0.4) is 0 Å². The average molecular weight is 333 g/mol. The van der Waals surface area contributed by atoms with Crippen molar-refractivity contribution < 1.29 is 24.2 Å². The fraction of sp³-hybridized carbons (Fsp3) is 0.867. The molecule has 0 amide bonds. The topological polar surface area (TPSA) is 137 Å². The molecule has 8 heteroatoms. The zero-order chi connectivity index (χ0) is 17.7. The number of carboxylic acids is 1. The molecule has 0 rings (SSSR count). The fourth-order valence-corrected chi connectivity index (χ4v) is 1.91. The monoisotopic (exact) mass is 333 g/mol. The summed E-state index contributed by atoms with van der Waals surface area (Å²) in [5, 5.41) is 12.1. The number of carboxylic acid groups (broad SMARTS) is 1. The van der Waals surface area contributed by atoms with Crippen molar-refractivity contribution in [1.29, 1.82) is 0 Å². The van der Waals surface area contributed by atoms with Gasteiger partial charge in [0.15, 0.2) is 5.78 Å². The maximum absolute atomic E-state index is 12.2. The van der Waals surface area contributed by atoms with Gasteiger partial charge in [0.2, 0.25) is 0 Å². The maximum atomic E-state index is 12.2. The molecule has 1 atom stereocenters. The molecular weight excluding hydrogens is 302 g/mol. The number of nitrogens with two attached hydrogens (primary N) is 2. The third-order valence-electron chi connectivity index (χ3n) is 3.34. The highest BCUT2D eigenvalue weighted by Gasteiger charge is 2.32. The highest BCUT2D eigenvalue weighted by molar-refractivity contribution is 5.89. The van der Waals surface area contributed by atoms with Crippen LogP contribution in [0.4, 0.5) is 0 Å². The summed E-state index contributed by atoms with van der Waals surface area (Å²) in [7, 11) is 0. The first-order chi connectivity index (χ1) is 10.8. The number of Topliss-reactive ketones (excluding diaryl/α,β-unsaturated/α-hetero) is 1. The van der Waals surface area contributed by atoms with Crippen molar-refractivity contribution in [2.75, 3.05) is 39.5 Å². The summed E-state index contributed by atoms with van der Waals surface area (Å²) in [4.78, 5) is 23.5. The van der Waals surface area contributed by atoms with Gasteiger partial charge in [0.05, 0.1) is 25.4 Å². The van der Waals surface area contributed by atoms with Crippen LogP contribution in [0.25, 0.3) is 0 Å². The van der Waals surface area contributed by atoms with Crippen molar-refractivity contribution in [3.63, 3.8) is 0 Å². The second-order valence-electron chi connectivity index (χ2n) is 5.82. The molecule has 0 saturated heterocycles. The van der Waals surface area contributed by atoms with Crippen LogP contribution < -0.4 is 16.8 Å². The van der Waals surface area contributed by atoms with Crippen LogP contribution in [0.1, 0.15) is 33.1 Å². The van der Waals surface area contributed by atoms with Crippen LogP contribution in [0, 0.1) is 0 Å². The zero-order valence-corrected chi connectivity index (χ0v) is 14.2. The molecule has 0 aliphatic rings. The predicted octanol–water partition coefficient (Wildman–Crippen LogP) is -0.502. The number of ketones is 1. The molecular formula is C15H31N3O5. The Kier molecular flexibility index (Phi) is 11.8. The number of carbonyl (C=O) groups is 2. The van der Waals surface area contributed by atoms with E-state index in [9.17, 15) is 14.7 Å². The number of carbonyl (C=O) groups excluding carboxylic acids is 1. The highest BCUT2D eigenvalue weighted by Crippen LogP contribution is 2.10. The van der Waals surface area contributed by atoms with E-state index in [-0.39, 0.29) is 12.4 Å². The molecule has 0 fully saturated rings. The number of aliphatic carboxylic acids is 1. The second kappa shape index (κ2) is 12.4. The zero-order valence-electron chi connectivity index (χ0n) is 14.2. The third kappa shape index (κ3) is 10.4. The second-order valence-corrected chi connectivity index (χ2v) is 5.82. The smallest absolute Gasteiger partial charge is 0.320 e. The molecule has 0 aromatic rings. The molecule has 0 heterocycles. The molecule has 0 radical (unpaired) electrons. The molecule has 0 aliphatic carbocycles. The first kappa shape index (κ1) is 21.9. The Bertz CT molecular complexity index is 350. The molecule has 0 aromatic heterocycles. The number of unbranched alkanes of at least 4 members (excludes halogenated alkanes) is 1. The van der Waals surface area contributed by atoms with Gasteiger partial charge < -0.3 is 26.0 Å². The predicted molar refractivity (Wildman–Crippen MR) is 87.2 cm³/mol. The molecule has 23 heavy (non-hydrogen) atoms. The normalized spacial score (nSPS) is 13.0. The molecule has 1 unspecified atom stereocenters. The van der Waals surface area contributed by atoms with Crippen LogP contribution >= 0.6 is 0 Å². The number of rotatable bonds is 15. The lowest BCUT2D eigenvalue weighted by molar-refractivity contribution is -0.141. The van der Waals surface area contributed by atoms with Crippen molar-refractivity contribution in [3.05, 3.63) is 0 Å². The van der Waals surface area contributed by atoms with Crippen molar-refractivity contribution in [1.82, 2.24) is 5.32 Å². The first-order valence-electron chi connectivity index (χ1n) is 7.94. The lowest BCUT2D eigenvalue weighted by Crippen LogP contribution is -2.55. The first-order valence-corrected chi connectivity index (χ1v) is 7.94. The summed E-state index contributed by atoms with van der Waals surface area (Å²) < 4.78 is 10.4. The maximum Gasteiger partial charge on any atom is 0.320 e. The molecule has 0 aromatic carbocycles. The minimum Gasteiger partial charge on any atom is -0.480 e. The molecule has 0 spiro atoms. The Morgan fingerprint density at radius 1 is 1.09 bits per heavy atom. The SMILES string of the molecule is CC(C)(NC(CCCCN)C(=O)O)C(=O)COCCOCCN. The standard InChI is InChI=1S/C15H31N3O5/c1-15(2,13(19)11-23-10-9-22-8-7-17)18-12(14(20)21)5-3-4-6-16/h12,18H,3-11,16-17H2,1-2H3,(H,20,21). The van der Waals surface area contributed by atoms with Crippen LogP contribution in [-0.2, 0) is 19.1 Å². The van der Waals surface area contributed by atoms with Crippen molar-refractivity contribution in [3.8, 4) is 0 Å². The molecule has 136 valence electrons. The Morgan fingerprint density at radius 2 is 1.74 bits per heavy atom. The van der Waals surface area contributed by atoms with Crippen molar-refractivity contribution in [2.24, 2.45) is 11.5 Å². The summed E-state index contributed by atoms with van der Waals surface area (Å²) in [6.45, 7) is 5.29. The minimum absolute atomic E-state index is 0.0961. The number of hydrogen-bond donors (Lipinski definition) is 4. The van der Waals surface area contributed by atoms with Crippen LogP contribution in [0.15, 0.2) is 0 Å². The van der Waals surface area contributed by atoms with Gasteiger partial charge >= 0.3 is 5.97 Å². The summed E-state index contributed by atoms with van der Waals surface area (Å²) >= 11 is 0. The number of hydrogen-bond acceptors (Lipinski definition) is 7. The van der Waals surface area contributed by atoms with Gasteiger partial charge in [-0.05, 0) is 33.2 Å². The van der Waals surface area contributed by atoms with Crippen molar-refractivity contribution in [2.45, 2.75) is 44.7 Å². The van der Waals surface area contributed by atoms with E-state index >= 15 is 0 Å². The lowest BCUT2D eigenvalue weighted by Gasteiger charge is -2.28. The van der Waals surface area contributed by atoms with Gasteiger partial charge in [-0.25, -0.2) is 0 Å².